The fourth-order valence-corrected chi connectivity index (χ4v) is 2.28. The first-order chi connectivity index (χ1) is 10.3. The molecule has 5 nitrogen and oxygen atoms in total. The molecule has 0 saturated carbocycles. The lowest BCUT2D eigenvalue weighted by molar-refractivity contribution is 0.00578. The summed E-state index contributed by atoms with van der Waals surface area (Å²) in [7, 11) is 3.13. The third-order valence-corrected chi connectivity index (χ3v) is 4.27. The number of pyridine rings is 1. The third kappa shape index (κ3) is 3.34. The molecule has 0 aliphatic carbocycles. The van der Waals surface area contributed by atoms with Crippen LogP contribution < -0.4 is 10.1 Å². The Bertz CT molecular complexity index is 542. The summed E-state index contributed by atoms with van der Waals surface area (Å²) in [6.07, 6.45) is 3.73. The van der Waals surface area contributed by atoms with Gasteiger partial charge in [0.15, 0.2) is 0 Å². The molecule has 1 aromatic heterocycles. The average Bonchev–Trinajstić information content (AvgIpc) is 2.67. The lowest BCUT2D eigenvalue weighted by Crippen LogP contribution is -2.41. The molecule has 0 atom stereocenters. The van der Waals surface area contributed by atoms with E-state index in [-0.39, 0.29) is 18.3 Å². The summed E-state index contributed by atoms with van der Waals surface area (Å²) in [6.45, 7) is 8.86. The van der Waals surface area contributed by atoms with Crippen molar-refractivity contribution in [2.75, 3.05) is 20.7 Å². The second-order valence-corrected chi connectivity index (χ2v) is 6.44. The molecule has 2 rings (SSSR count). The van der Waals surface area contributed by atoms with E-state index >= 15 is 0 Å². The monoisotopic (exact) mass is 304 g/mol. The smallest absolute Gasteiger partial charge is 0.481 e. The Balaban J connectivity index is 2.33. The van der Waals surface area contributed by atoms with Gasteiger partial charge in [-0.15, -0.1) is 0 Å². The Morgan fingerprint density at radius 1 is 1.32 bits per heavy atom. The van der Waals surface area contributed by atoms with Crippen LogP contribution in [0, 0.1) is 0 Å². The molecule has 6 heteroatoms. The number of hydrogen-bond acceptors (Lipinski definition) is 5. The second-order valence-electron chi connectivity index (χ2n) is 6.44. The number of methoxy groups -OCH3 is 1. The Kier molecular flexibility index (Phi) is 4.95. The van der Waals surface area contributed by atoms with Crippen molar-refractivity contribution in [1.29, 1.82) is 0 Å². The number of ether oxygens (including phenoxy) is 1. The van der Waals surface area contributed by atoms with E-state index in [4.69, 9.17) is 14.0 Å². The van der Waals surface area contributed by atoms with Gasteiger partial charge in [-0.05, 0) is 52.3 Å². The fraction of sp³-hybridized carbons (Fsp3) is 0.562. The molecule has 1 aliphatic heterocycles. The van der Waals surface area contributed by atoms with Gasteiger partial charge in [0.2, 0.25) is 5.88 Å². The number of nitrogens with one attached hydrogen (secondary N) is 1. The van der Waals surface area contributed by atoms with Gasteiger partial charge >= 0.3 is 7.12 Å². The zero-order valence-corrected chi connectivity index (χ0v) is 14.3. The number of aromatic nitrogens is 1. The maximum atomic E-state index is 6.13. The molecule has 1 N–H and O–H groups in total. The number of hydrogen-bond donors (Lipinski definition) is 1. The minimum absolute atomic E-state index is 0.358. The minimum atomic E-state index is -0.387. The molecule has 1 aliphatic rings. The lowest BCUT2D eigenvalue weighted by Gasteiger charge is -2.32. The van der Waals surface area contributed by atoms with Crippen molar-refractivity contribution in [3.63, 3.8) is 0 Å². The summed E-state index contributed by atoms with van der Waals surface area (Å²) in [5, 5.41) is 3.17. The highest BCUT2D eigenvalue weighted by molar-refractivity contribution is 6.56. The van der Waals surface area contributed by atoms with E-state index in [0.717, 1.165) is 11.0 Å². The number of rotatable bonds is 5. The van der Waals surface area contributed by atoms with Crippen molar-refractivity contribution < 1.29 is 14.0 Å². The van der Waals surface area contributed by atoms with E-state index in [1.807, 2.05) is 25.3 Å². The summed E-state index contributed by atoms with van der Waals surface area (Å²) in [4.78, 5) is 4.23. The van der Waals surface area contributed by atoms with E-state index in [0.29, 0.717) is 12.4 Å². The molecular formula is C16H25BN2O3. The molecule has 0 unspecified atom stereocenters. The maximum absolute atomic E-state index is 6.13. The Morgan fingerprint density at radius 3 is 2.50 bits per heavy atom. The molecule has 0 aromatic carbocycles. The van der Waals surface area contributed by atoms with Crippen LogP contribution in [0.15, 0.2) is 23.8 Å². The maximum Gasteiger partial charge on any atom is 0.491 e. The van der Waals surface area contributed by atoms with E-state index < -0.39 is 0 Å². The van der Waals surface area contributed by atoms with Crippen LogP contribution in [0.25, 0.3) is 6.08 Å². The third-order valence-electron chi connectivity index (χ3n) is 4.27. The number of likely N-dealkylation sites (N-methyl/N-ethyl adjacent to an activating group) is 1. The van der Waals surface area contributed by atoms with Crippen LogP contribution in [0.5, 0.6) is 5.88 Å². The second kappa shape index (κ2) is 6.40. The summed E-state index contributed by atoms with van der Waals surface area (Å²) in [5.41, 5.74) is 1.20. The zero-order valence-electron chi connectivity index (χ0n) is 14.3. The predicted octanol–water partition coefficient (Wildman–Crippen LogP) is 2.32. The van der Waals surface area contributed by atoms with Gasteiger partial charge in [0, 0.05) is 18.3 Å². The average molecular weight is 304 g/mol. The summed E-state index contributed by atoms with van der Waals surface area (Å²) in [6, 6.07) is 3.85. The summed E-state index contributed by atoms with van der Waals surface area (Å²) >= 11 is 0. The van der Waals surface area contributed by atoms with Crippen LogP contribution >= 0.6 is 0 Å². The predicted molar refractivity (Wildman–Crippen MR) is 88.8 cm³/mol. The van der Waals surface area contributed by atoms with Crippen molar-refractivity contribution in [1.82, 2.24) is 10.3 Å². The summed E-state index contributed by atoms with van der Waals surface area (Å²) < 4.78 is 17.6. The first kappa shape index (κ1) is 17.0. The first-order valence-electron chi connectivity index (χ1n) is 7.50. The molecule has 0 radical (unpaired) electrons. The number of nitrogens with zero attached hydrogens (tertiary/aromatic N) is 1. The van der Waals surface area contributed by atoms with Crippen molar-refractivity contribution in [3.8, 4) is 5.88 Å². The van der Waals surface area contributed by atoms with Crippen LogP contribution in [-0.4, -0.2) is 44.0 Å². The van der Waals surface area contributed by atoms with Crippen molar-refractivity contribution in [2.45, 2.75) is 38.9 Å². The normalized spacial score (nSPS) is 20.3. The van der Waals surface area contributed by atoms with E-state index in [2.05, 4.69) is 38.0 Å². The van der Waals surface area contributed by atoms with Crippen molar-refractivity contribution in [3.05, 3.63) is 29.4 Å². The Labute approximate surface area is 133 Å². The van der Waals surface area contributed by atoms with Gasteiger partial charge in [-0.2, -0.15) is 0 Å². The topological polar surface area (TPSA) is 52.6 Å². The molecule has 1 saturated heterocycles. The highest BCUT2D eigenvalue weighted by Gasteiger charge is 2.52. The molecule has 2 heterocycles. The molecule has 0 bridgehead atoms. The van der Waals surface area contributed by atoms with Gasteiger partial charge < -0.3 is 19.4 Å². The summed E-state index contributed by atoms with van der Waals surface area (Å²) in [5.74, 6) is 0.590. The van der Waals surface area contributed by atoms with E-state index in [9.17, 15) is 0 Å². The van der Waals surface area contributed by atoms with Crippen LogP contribution in [0.2, 0.25) is 0 Å². The highest BCUT2D eigenvalue weighted by Crippen LogP contribution is 2.38. The standard InChI is InChI=1S/C16H25BN2O3/c1-15(2)16(3,4)22-17(21-15)13(11-18-5)10-12-8-7-9-19-14(12)20-6/h7-10,18H,11H2,1-6H3. The highest BCUT2D eigenvalue weighted by atomic mass is 16.7. The van der Waals surface area contributed by atoms with Crippen LogP contribution in [0.4, 0.5) is 0 Å². The van der Waals surface area contributed by atoms with Gasteiger partial charge in [0.25, 0.3) is 0 Å². The molecular weight excluding hydrogens is 279 g/mol. The molecule has 120 valence electrons. The Hall–Kier alpha value is -1.37. The van der Waals surface area contributed by atoms with Gasteiger partial charge in [0.05, 0.1) is 18.3 Å². The minimum Gasteiger partial charge on any atom is -0.481 e. The zero-order chi connectivity index (χ0) is 16.4. The van der Waals surface area contributed by atoms with Crippen molar-refractivity contribution in [2.24, 2.45) is 0 Å². The lowest BCUT2D eigenvalue weighted by atomic mass is 9.77. The van der Waals surface area contributed by atoms with E-state index in [1.165, 1.54) is 0 Å². The molecule has 0 spiro atoms. The fourth-order valence-electron chi connectivity index (χ4n) is 2.28. The van der Waals surface area contributed by atoms with Crippen molar-refractivity contribution >= 4 is 13.2 Å². The van der Waals surface area contributed by atoms with Gasteiger partial charge in [-0.25, -0.2) is 4.98 Å². The molecule has 1 aromatic rings. The van der Waals surface area contributed by atoms with Gasteiger partial charge in [-0.1, -0.05) is 6.08 Å². The SMILES string of the molecule is CNCC(=Cc1cccnc1OC)B1OC(C)(C)C(C)(C)O1. The van der Waals surface area contributed by atoms with Gasteiger partial charge in [-0.3, -0.25) is 0 Å². The van der Waals surface area contributed by atoms with Crippen LogP contribution in [0.1, 0.15) is 33.3 Å². The first-order valence-corrected chi connectivity index (χ1v) is 7.50. The van der Waals surface area contributed by atoms with E-state index in [1.54, 1.807) is 13.3 Å². The molecule has 22 heavy (non-hydrogen) atoms. The Morgan fingerprint density at radius 2 is 1.95 bits per heavy atom. The quantitative estimate of drug-likeness (QED) is 0.846. The molecule has 1 fully saturated rings. The van der Waals surface area contributed by atoms with Gasteiger partial charge in [0.1, 0.15) is 0 Å². The molecule has 0 amide bonds. The van der Waals surface area contributed by atoms with Crippen LogP contribution in [-0.2, 0) is 9.31 Å². The largest absolute Gasteiger partial charge is 0.491 e. The van der Waals surface area contributed by atoms with Crippen LogP contribution in [0.3, 0.4) is 0 Å².